The van der Waals surface area contributed by atoms with Crippen molar-refractivity contribution in [3.8, 4) is 0 Å². The van der Waals surface area contributed by atoms with Gasteiger partial charge in [0.05, 0.1) is 23.7 Å². The topological polar surface area (TPSA) is 65.1 Å². The minimum absolute atomic E-state index is 0.120. The van der Waals surface area contributed by atoms with E-state index >= 15 is 0 Å². The molecule has 112 valence electrons. The normalized spacial score (nSPS) is 27.6. The molecule has 1 aromatic rings. The number of hydrogen-bond donors (Lipinski definition) is 2. The third-order valence-corrected chi connectivity index (χ3v) is 5.12. The molecule has 2 aliphatic rings. The highest BCUT2D eigenvalue weighted by Gasteiger charge is 2.41. The molecule has 1 saturated carbocycles. The van der Waals surface area contributed by atoms with Crippen LogP contribution >= 0.6 is 0 Å². The van der Waals surface area contributed by atoms with Crippen LogP contribution in [0.3, 0.4) is 0 Å². The average Bonchev–Trinajstić information content (AvgIpc) is 2.87. The fourth-order valence-corrected chi connectivity index (χ4v) is 4.02. The van der Waals surface area contributed by atoms with E-state index in [9.17, 15) is 0 Å². The number of nitrogens with one attached hydrogen (secondary N) is 1. The molecule has 0 amide bonds. The van der Waals surface area contributed by atoms with E-state index in [1.165, 1.54) is 37.8 Å². The standard InChI is InChI=1S/C15H26N4O/c1-19-11-17-10-13(19)14(18-16)12-5-8-20-15(9-12)6-3-2-4-7-15/h10-12,14,18H,2-9,16H2,1H3. The Morgan fingerprint density at radius 2 is 2.25 bits per heavy atom. The van der Waals surface area contributed by atoms with Gasteiger partial charge in [0.1, 0.15) is 0 Å². The summed E-state index contributed by atoms with van der Waals surface area (Å²) >= 11 is 0. The van der Waals surface area contributed by atoms with Crippen LogP contribution in [0.15, 0.2) is 12.5 Å². The Bertz CT molecular complexity index is 433. The van der Waals surface area contributed by atoms with Crippen molar-refractivity contribution >= 4 is 0 Å². The zero-order chi connectivity index (χ0) is 14.0. The Labute approximate surface area is 120 Å². The van der Waals surface area contributed by atoms with E-state index in [0.717, 1.165) is 19.4 Å². The Balaban J connectivity index is 1.76. The van der Waals surface area contributed by atoms with Crippen molar-refractivity contribution in [2.45, 2.75) is 56.6 Å². The predicted octanol–water partition coefficient (Wildman–Crippen LogP) is 2.05. The number of nitrogens with two attached hydrogens (primary N) is 1. The van der Waals surface area contributed by atoms with E-state index in [2.05, 4.69) is 15.0 Å². The molecule has 1 saturated heterocycles. The Morgan fingerprint density at radius 1 is 1.45 bits per heavy atom. The van der Waals surface area contributed by atoms with E-state index in [0.29, 0.717) is 5.92 Å². The summed E-state index contributed by atoms with van der Waals surface area (Å²) in [5.74, 6) is 6.38. The van der Waals surface area contributed by atoms with Crippen molar-refractivity contribution in [3.63, 3.8) is 0 Å². The summed E-state index contributed by atoms with van der Waals surface area (Å²) < 4.78 is 8.25. The molecule has 0 aromatic carbocycles. The Morgan fingerprint density at radius 3 is 2.90 bits per heavy atom. The molecule has 2 heterocycles. The quantitative estimate of drug-likeness (QED) is 0.656. The van der Waals surface area contributed by atoms with Crippen LogP contribution in [0.4, 0.5) is 0 Å². The van der Waals surface area contributed by atoms with Crippen molar-refractivity contribution in [2.75, 3.05) is 6.61 Å². The van der Waals surface area contributed by atoms with Crippen molar-refractivity contribution in [1.29, 1.82) is 0 Å². The first-order chi connectivity index (χ1) is 9.74. The van der Waals surface area contributed by atoms with Gasteiger partial charge in [-0.2, -0.15) is 0 Å². The van der Waals surface area contributed by atoms with Gasteiger partial charge in [0.15, 0.2) is 0 Å². The molecule has 1 spiro atoms. The van der Waals surface area contributed by atoms with Gasteiger partial charge in [0.25, 0.3) is 0 Å². The first-order valence-corrected chi connectivity index (χ1v) is 7.80. The maximum Gasteiger partial charge on any atom is 0.0946 e. The van der Waals surface area contributed by atoms with Crippen molar-refractivity contribution in [2.24, 2.45) is 18.8 Å². The number of aromatic nitrogens is 2. The third kappa shape index (κ3) is 2.62. The predicted molar refractivity (Wildman–Crippen MR) is 77.8 cm³/mol. The summed E-state index contributed by atoms with van der Waals surface area (Å²) in [5, 5.41) is 0. The van der Waals surface area contributed by atoms with Gasteiger partial charge in [0, 0.05) is 19.9 Å². The van der Waals surface area contributed by atoms with Crippen molar-refractivity contribution < 1.29 is 4.74 Å². The number of imidazole rings is 1. The molecular formula is C15H26N4O. The van der Waals surface area contributed by atoms with Crippen LogP contribution in [0.1, 0.15) is 56.7 Å². The molecule has 20 heavy (non-hydrogen) atoms. The lowest BCUT2D eigenvalue weighted by Gasteiger charge is -2.45. The molecule has 2 unspecified atom stereocenters. The van der Waals surface area contributed by atoms with Crippen LogP contribution in [0.5, 0.6) is 0 Å². The number of nitrogens with zero attached hydrogens (tertiary/aromatic N) is 2. The number of ether oxygens (including phenoxy) is 1. The monoisotopic (exact) mass is 278 g/mol. The molecule has 5 nitrogen and oxygen atoms in total. The first-order valence-electron chi connectivity index (χ1n) is 7.80. The van der Waals surface area contributed by atoms with Gasteiger partial charge in [-0.3, -0.25) is 11.3 Å². The molecule has 2 atom stereocenters. The smallest absolute Gasteiger partial charge is 0.0946 e. The van der Waals surface area contributed by atoms with Gasteiger partial charge in [-0.1, -0.05) is 19.3 Å². The van der Waals surface area contributed by atoms with Gasteiger partial charge >= 0.3 is 0 Å². The Kier molecular flexibility index (Phi) is 4.10. The molecule has 1 aliphatic carbocycles. The lowest BCUT2D eigenvalue weighted by molar-refractivity contribution is -0.122. The maximum absolute atomic E-state index is 6.19. The minimum atomic E-state index is 0.120. The van der Waals surface area contributed by atoms with E-state index < -0.39 is 0 Å². The summed E-state index contributed by atoms with van der Waals surface area (Å²) in [4.78, 5) is 4.23. The highest BCUT2D eigenvalue weighted by Crippen LogP contribution is 2.43. The highest BCUT2D eigenvalue weighted by molar-refractivity contribution is 5.08. The van der Waals surface area contributed by atoms with E-state index in [4.69, 9.17) is 10.6 Å². The number of hydrazine groups is 1. The van der Waals surface area contributed by atoms with Gasteiger partial charge < -0.3 is 9.30 Å². The molecule has 3 N–H and O–H groups in total. The highest BCUT2D eigenvalue weighted by atomic mass is 16.5. The fourth-order valence-electron chi connectivity index (χ4n) is 4.02. The summed E-state index contributed by atoms with van der Waals surface area (Å²) in [6, 6.07) is 0.171. The second kappa shape index (κ2) is 5.84. The molecule has 0 bridgehead atoms. The van der Waals surface area contributed by atoms with Crippen LogP contribution in [0.25, 0.3) is 0 Å². The lowest BCUT2D eigenvalue weighted by atomic mass is 9.74. The van der Waals surface area contributed by atoms with Crippen LogP contribution in [-0.4, -0.2) is 21.8 Å². The molecule has 0 radical (unpaired) electrons. The zero-order valence-corrected chi connectivity index (χ0v) is 12.3. The number of rotatable bonds is 3. The third-order valence-electron chi connectivity index (χ3n) is 5.12. The summed E-state index contributed by atoms with van der Waals surface area (Å²) in [6.45, 7) is 0.862. The van der Waals surface area contributed by atoms with E-state index in [1.54, 1.807) is 0 Å². The van der Waals surface area contributed by atoms with Gasteiger partial charge in [-0.05, 0) is 31.6 Å². The number of hydrogen-bond acceptors (Lipinski definition) is 4. The first kappa shape index (κ1) is 14.0. The summed E-state index contributed by atoms with van der Waals surface area (Å²) in [7, 11) is 2.03. The lowest BCUT2D eigenvalue weighted by Crippen LogP contribution is -2.46. The second-order valence-electron chi connectivity index (χ2n) is 6.42. The molecule has 1 aliphatic heterocycles. The zero-order valence-electron chi connectivity index (χ0n) is 12.3. The van der Waals surface area contributed by atoms with E-state index in [-0.39, 0.29) is 11.6 Å². The van der Waals surface area contributed by atoms with Crippen LogP contribution < -0.4 is 11.3 Å². The molecule has 3 rings (SSSR count). The largest absolute Gasteiger partial charge is 0.375 e. The van der Waals surface area contributed by atoms with Crippen molar-refractivity contribution in [3.05, 3.63) is 18.2 Å². The molecule has 5 heteroatoms. The Hall–Kier alpha value is -0.910. The van der Waals surface area contributed by atoms with Crippen LogP contribution in [0.2, 0.25) is 0 Å². The average molecular weight is 278 g/mol. The molecule has 2 fully saturated rings. The fraction of sp³-hybridized carbons (Fsp3) is 0.800. The minimum Gasteiger partial charge on any atom is -0.375 e. The molecular weight excluding hydrogens is 252 g/mol. The van der Waals surface area contributed by atoms with Crippen LogP contribution in [0, 0.1) is 5.92 Å². The second-order valence-corrected chi connectivity index (χ2v) is 6.42. The molecule has 1 aromatic heterocycles. The van der Waals surface area contributed by atoms with Crippen molar-refractivity contribution in [1.82, 2.24) is 15.0 Å². The van der Waals surface area contributed by atoms with Gasteiger partial charge in [0.2, 0.25) is 0 Å². The van der Waals surface area contributed by atoms with Gasteiger partial charge in [-0.25, -0.2) is 4.98 Å². The maximum atomic E-state index is 6.19. The van der Waals surface area contributed by atoms with Crippen LogP contribution in [-0.2, 0) is 11.8 Å². The van der Waals surface area contributed by atoms with E-state index in [1.807, 2.05) is 19.6 Å². The summed E-state index contributed by atoms with van der Waals surface area (Å²) in [6.07, 6.45) is 12.4. The number of aryl methyl sites for hydroxylation is 1. The van der Waals surface area contributed by atoms with Gasteiger partial charge in [-0.15, -0.1) is 0 Å². The summed E-state index contributed by atoms with van der Waals surface area (Å²) in [5.41, 5.74) is 4.31. The SMILES string of the molecule is Cn1cncc1C(NN)C1CCOC2(CCCCC2)C1.